The van der Waals surface area contributed by atoms with Gasteiger partial charge in [-0.05, 0) is 41.3 Å². The van der Waals surface area contributed by atoms with Gasteiger partial charge in [-0.1, -0.05) is 12.1 Å². The molecule has 0 aliphatic rings. The molecule has 5 heteroatoms. The van der Waals surface area contributed by atoms with E-state index >= 15 is 0 Å². The minimum atomic E-state index is 0.0132. The van der Waals surface area contributed by atoms with E-state index in [0.29, 0.717) is 0 Å². The summed E-state index contributed by atoms with van der Waals surface area (Å²) in [5.74, 6) is 5.82. The topological polar surface area (TPSA) is 50.9 Å². The SMILES string of the molecule is NNC(c1ccc2ncccc2c1)c1cc2sccc2s1. The normalized spacial score (nSPS) is 13.0. The Hall–Kier alpha value is -1.79. The number of pyridine rings is 1. The van der Waals surface area contributed by atoms with Crippen molar-refractivity contribution in [1.29, 1.82) is 0 Å². The molecule has 0 spiro atoms. The first-order valence-corrected chi connectivity index (χ1v) is 8.32. The highest BCUT2D eigenvalue weighted by molar-refractivity contribution is 7.27. The summed E-state index contributed by atoms with van der Waals surface area (Å²) in [4.78, 5) is 5.60. The molecule has 3 N–H and O–H groups in total. The van der Waals surface area contributed by atoms with E-state index in [4.69, 9.17) is 5.84 Å². The van der Waals surface area contributed by atoms with Gasteiger partial charge in [0.1, 0.15) is 0 Å². The largest absolute Gasteiger partial charge is 0.271 e. The van der Waals surface area contributed by atoms with Crippen LogP contribution in [0, 0.1) is 0 Å². The van der Waals surface area contributed by atoms with Crippen molar-refractivity contribution >= 4 is 43.0 Å². The molecular weight excluding hydrogens is 298 g/mol. The Morgan fingerprint density at radius 1 is 1.10 bits per heavy atom. The number of thiophene rings is 2. The van der Waals surface area contributed by atoms with Gasteiger partial charge in [0, 0.05) is 25.9 Å². The number of hydrogen-bond acceptors (Lipinski definition) is 5. The Morgan fingerprint density at radius 3 is 2.90 bits per heavy atom. The van der Waals surface area contributed by atoms with E-state index in [0.717, 1.165) is 16.5 Å². The monoisotopic (exact) mass is 311 g/mol. The molecule has 1 aromatic carbocycles. The van der Waals surface area contributed by atoms with Crippen molar-refractivity contribution in [2.45, 2.75) is 6.04 Å². The summed E-state index contributed by atoms with van der Waals surface area (Å²) in [6, 6.07) is 14.7. The number of nitrogens with zero attached hydrogens (tertiary/aromatic N) is 1. The summed E-state index contributed by atoms with van der Waals surface area (Å²) in [7, 11) is 0. The number of benzene rings is 1. The quantitative estimate of drug-likeness (QED) is 0.443. The highest BCUT2D eigenvalue weighted by Gasteiger charge is 2.16. The van der Waals surface area contributed by atoms with E-state index in [9.17, 15) is 0 Å². The Morgan fingerprint density at radius 2 is 2.05 bits per heavy atom. The zero-order valence-electron chi connectivity index (χ0n) is 11.1. The molecule has 0 bridgehead atoms. The minimum absolute atomic E-state index is 0.0132. The Balaban J connectivity index is 1.81. The summed E-state index contributed by atoms with van der Waals surface area (Å²) in [6.45, 7) is 0. The second-order valence-electron chi connectivity index (χ2n) is 4.85. The van der Waals surface area contributed by atoms with Crippen LogP contribution in [0.4, 0.5) is 0 Å². The second-order valence-corrected chi connectivity index (χ2v) is 6.92. The lowest BCUT2D eigenvalue weighted by molar-refractivity contribution is 0.647. The highest BCUT2D eigenvalue weighted by atomic mass is 32.1. The fraction of sp³-hybridized carbons (Fsp3) is 0.0625. The first-order chi connectivity index (χ1) is 10.3. The van der Waals surface area contributed by atoms with E-state index in [-0.39, 0.29) is 6.04 Å². The molecular formula is C16H13N3S2. The van der Waals surface area contributed by atoms with Crippen LogP contribution in [-0.4, -0.2) is 4.98 Å². The Labute approximate surface area is 130 Å². The number of hydrogen-bond donors (Lipinski definition) is 2. The number of aromatic nitrogens is 1. The van der Waals surface area contributed by atoms with Crippen molar-refractivity contribution in [2.24, 2.45) is 5.84 Å². The predicted octanol–water partition coefficient (Wildman–Crippen LogP) is 4.06. The lowest BCUT2D eigenvalue weighted by atomic mass is 10.0. The molecule has 3 aromatic heterocycles. The van der Waals surface area contributed by atoms with Crippen molar-refractivity contribution in [3.05, 3.63) is 64.5 Å². The van der Waals surface area contributed by atoms with Crippen LogP contribution in [0.1, 0.15) is 16.5 Å². The first kappa shape index (κ1) is 12.9. The smallest absolute Gasteiger partial charge is 0.0803 e. The van der Waals surface area contributed by atoms with Gasteiger partial charge in [-0.15, -0.1) is 22.7 Å². The molecule has 4 aromatic rings. The van der Waals surface area contributed by atoms with Gasteiger partial charge in [0.15, 0.2) is 0 Å². The molecule has 104 valence electrons. The molecule has 0 fully saturated rings. The van der Waals surface area contributed by atoms with Gasteiger partial charge < -0.3 is 0 Å². The summed E-state index contributed by atoms with van der Waals surface area (Å²) in [5.41, 5.74) is 5.11. The third kappa shape index (κ3) is 2.24. The number of nitrogens with two attached hydrogens (primary N) is 1. The van der Waals surface area contributed by atoms with Crippen molar-refractivity contribution < 1.29 is 0 Å². The van der Waals surface area contributed by atoms with Crippen LogP contribution in [0.2, 0.25) is 0 Å². The molecule has 0 amide bonds. The molecule has 1 unspecified atom stereocenters. The van der Waals surface area contributed by atoms with Crippen LogP contribution in [0.15, 0.2) is 54.0 Å². The number of nitrogens with one attached hydrogen (secondary N) is 1. The van der Waals surface area contributed by atoms with E-state index in [1.807, 2.05) is 18.3 Å². The number of fused-ring (bicyclic) bond motifs is 2. The van der Waals surface area contributed by atoms with Gasteiger partial charge in [-0.2, -0.15) is 0 Å². The molecule has 0 radical (unpaired) electrons. The van der Waals surface area contributed by atoms with Gasteiger partial charge in [0.2, 0.25) is 0 Å². The minimum Gasteiger partial charge on any atom is -0.271 e. The summed E-state index contributed by atoms with van der Waals surface area (Å²) in [5, 5.41) is 3.26. The van der Waals surface area contributed by atoms with Crippen molar-refractivity contribution in [3.8, 4) is 0 Å². The maximum Gasteiger partial charge on any atom is 0.0803 e. The lowest BCUT2D eigenvalue weighted by Gasteiger charge is -2.15. The zero-order valence-corrected chi connectivity index (χ0v) is 12.7. The molecule has 21 heavy (non-hydrogen) atoms. The predicted molar refractivity (Wildman–Crippen MR) is 90.6 cm³/mol. The summed E-state index contributed by atoms with van der Waals surface area (Å²) >= 11 is 3.55. The zero-order chi connectivity index (χ0) is 14.2. The number of hydrazine groups is 1. The first-order valence-electron chi connectivity index (χ1n) is 6.63. The Bertz CT molecular complexity index is 881. The number of rotatable bonds is 3. The van der Waals surface area contributed by atoms with E-state index < -0.39 is 0 Å². The van der Waals surface area contributed by atoms with E-state index in [1.54, 1.807) is 22.7 Å². The summed E-state index contributed by atoms with van der Waals surface area (Å²) < 4.78 is 2.63. The fourth-order valence-electron chi connectivity index (χ4n) is 2.54. The summed E-state index contributed by atoms with van der Waals surface area (Å²) in [6.07, 6.45) is 1.81. The van der Waals surface area contributed by atoms with Crippen molar-refractivity contribution in [1.82, 2.24) is 10.4 Å². The standard InChI is InChI=1S/C16H13N3S2/c17-19-16(15-9-14-13(21-15)5-7-20-14)11-3-4-12-10(8-11)2-1-6-18-12/h1-9,16,19H,17H2. The van der Waals surface area contributed by atoms with Crippen LogP contribution in [0.5, 0.6) is 0 Å². The second kappa shape index (κ2) is 5.20. The molecule has 3 nitrogen and oxygen atoms in total. The van der Waals surface area contributed by atoms with E-state index in [1.165, 1.54) is 14.3 Å². The van der Waals surface area contributed by atoms with Gasteiger partial charge in [0.25, 0.3) is 0 Å². The van der Waals surface area contributed by atoms with Gasteiger partial charge >= 0.3 is 0 Å². The maximum atomic E-state index is 5.82. The van der Waals surface area contributed by atoms with E-state index in [2.05, 4.69) is 46.1 Å². The van der Waals surface area contributed by atoms with Crippen molar-refractivity contribution in [3.63, 3.8) is 0 Å². The molecule has 1 atom stereocenters. The fourth-order valence-corrected chi connectivity index (χ4v) is 4.75. The van der Waals surface area contributed by atoms with Gasteiger partial charge in [-0.25, -0.2) is 5.43 Å². The van der Waals surface area contributed by atoms with Crippen LogP contribution in [-0.2, 0) is 0 Å². The third-order valence-electron chi connectivity index (χ3n) is 3.57. The molecule has 3 heterocycles. The van der Waals surface area contributed by atoms with Crippen LogP contribution < -0.4 is 11.3 Å². The Kier molecular flexibility index (Phi) is 3.20. The van der Waals surface area contributed by atoms with Gasteiger partial charge in [-0.3, -0.25) is 10.8 Å². The average molecular weight is 311 g/mol. The molecule has 0 aliphatic carbocycles. The average Bonchev–Trinajstić information content (AvgIpc) is 3.09. The van der Waals surface area contributed by atoms with Gasteiger partial charge in [0.05, 0.1) is 11.6 Å². The van der Waals surface area contributed by atoms with Crippen LogP contribution in [0.3, 0.4) is 0 Å². The molecule has 0 aliphatic heterocycles. The molecule has 0 saturated heterocycles. The lowest BCUT2D eigenvalue weighted by Crippen LogP contribution is -2.28. The maximum absolute atomic E-state index is 5.82. The molecule has 0 saturated carbocycles. The third-order valence-corrected chi connectivity index (χ3v) is 5.73. The van der Waals surface area contributed by atoms with Crippen LogP contribution in [0.25, 0.3) is 20.3 Å². The van der Waals surface area contributed by atoms with Crippen molar-refractivity contribution in [2.75, 3.05) is 0 Å². The van der Waals surface area contributed by atoms with Crippen LogP contribution >= 0.6 is 22.7 Å². The molecule has 4 rings (SSSR count). The highest BCUT2D eigenvalue weighted by Crippen LogP contribution is 2.36.